The van der Waals surface area contributed by atoms with Gasteiger partial charge in [0.05, 0.1) is 24.7 Å². The third-order valence-corrected chi connectivity index (χ3v) is 7.06. The second kappa shape index (κ2) is 6.76. The molecule has 2 aromatic carbocycles. The first-order chi connectivity index (χ1) is 12.5. The number of hydrogen-bond donors (Lipinski definition) is 1. The topological polar surface area (TPSA) is 49.9 Å². The average Bonchev–Trinajstić information content (AvgIpc) is 3.05. The number of carbonyl (C=O) groups excluding carboxylic acids is 2. The monoisotopic (exact) mass is 533 g/mol. The predicted octanol–water partition coefficient (Wildman–Crippen LogP) is 6.09. The molecule has 1 aromatic heterocycles. The lowest BCUT2D eigenvalue weighted by Crippen LogP contribution is -2.16. The number of H-pyrrole nitrogens is 1. The number of carbonyl (C=O) groups is 2. The van der Waals surface area contributed by atoms with E-state index >= 15 is 0 Å². The van der Waals surface area contributed by atoms with Crippen molar-refractivity contribution in [2.75, 3.05) is 0 Å². The fraction of sp³-hybridized carbons (Fsp3) is 0. The zero-order valence-electron chi connectivity index (χ0n) is 13.1. The summed E-state index contributed by atoms with van der Waals surface area (Å²) >= 11 is 9.80. The molecule has 1 N–H and O–H groups in total. The van der Waals surface area contributed by atoms with Gasteiger partial charge in [0.2, 0.25) is 11.6 Å². The van der Waals surface area contributed by atoms with E-state index in [9.17, 15) is 9.59 Å². The standard InChI is InChI=1S/C20H10Br3NO2/c21-15-14(19(25)16(22)17(23)20(15)26)13-11-8-4-5-9-12(11)24-18(13)10-6-2-1-3-7-10/h1-9,24H. The summed E-state index contributed by atoms with van der Waals surface area (Å²) in [6.45, 7) is 0. The number of Topliss-reactive ketones (excluding diaryl/α,β-unsaturated/α-hetero) is 2. The van der Waals surface area contributed by atoms with Gasteiger partial charge in [-0.1, -0.05) is 48.5 Å². The Morgan fingerprint density at radius 3 is 2.04 bits per heavy atom. The van der Waals surface area contributed by atoms with Crippen LogP contribution in [0.4, 0.5) is 0 Å². The summed E-state index contributed by atoms with van der Waals surface area (Å²) in [6.07, 6.45) is 0. The van der Waals surface area contributed by atoms with E-state index in [1.54, 1.807) is 0 Å². The van der Waals surface area contributed by atoms with Gasteiger partial charge in [-0.25, -0.2) is 0 Å². The van der Waals surface area contributed by atoms with Gasteiger partial charge >= 0.3 is 0 Å². The van der Waals surface area contributed by atoms with Crippen LogP contribution in [0.5, 0.6) is 0 Å². The van der Waals surface area contributed by atoms with Crippen LogP contribution < -0.4 is 0 Å². The molecule has 0 fully saturated rings. The molecule has 0 saturated heterocycles. The van der Waals surface area contributed by atoms with Gasteiger partial charge in [-0.3, -0.25) is 9.59 Å². The second-order valence-corrected chi connectivity index (χ2v) is 8.14. The number of halogens is 3. The number of ketones is 2. The first-order valence-electron chi connectivity index (χ1n) is 7.71. The number of para-hydroxylation sites is 1. The highest BCUT2D eigenvalue weighted by molar-refractivity contribution is 9.15. The van der Waals surface area contributed by atoms with Crippen molar-refractivity contribution in [3.8, 4) is 11.3 Å². The molecule has 4 rings (SSSR count). The normalized spacial score (nSPS) is 15.3. The second-order valence-electron chi connectivity index (χ2n) is 5.76. The first kappa shape index (κ1) is 17.6. The molecule has 0 radical (unpaired) electrons. The Hall–Kier alpha value is -1.76. The Balaban J connectivity index is 2.09. The quantitative estimate of drug-likeness (QED) is 0.403. The summed E-state index contributed by atoms with van der Waals surface area (Å²) < 4.78 is 0.698. The molecule has 0 bridgehead atoms. The van der Waals surface area contributed by atoms with E-state index < -0.39 is 0 Å². The molecule has 6 heteroatoms. The van der Waals surface area contributed by atoms with E-state index in [-0.39, 0.29) is 25.0 Å². The summed E-state index contributed by atoms with van der Waals surface area (Å²) in [5.41, 5.74) is 3.71. The Morgan fingerprint density at radius 2 is 1.31 bits per heavy atom. The summed E-state index contributed by atoms with van der Waals surface area (Å²) in [5, 5.41) is 0.887. The predicted molar refractivity (Wildman–Crippen MR) is 114 cm³/mol. The van der Waals surface area contributed by atoms with Crippen LogP contribution in [0.15, 0.2) is 68.0 Å². The summed E-state index contributed by atoms with van der Waals surface area (Å²) in [7, 11) is 0. The van der Waals surface area contributed by atoms with Crippen LogP contribution in [0.1, 0.15) is 5.56 Å². The van der Waals surface area contributed by atoms with Gasteiger partial charge < -0.3 is 4.98 Å². The Labute approximate surface area is 174 Å². The maximum absolute atomic E-state index is 13.0. The van der Waals surface area contributed by atoms with E-state index in [1.807, 2.05) is 54.6 Å². The number of benzene rings is 2. The number of rotatable bonds is 2. The molecule has 0 aliphatic heterocycles. The van der Waals surface area contributed by atoms with E-state index in [0.29, 0.717) is 11.1 Å². The molecule has 0 atom stereocenters. The number of fused-ring (bicyclic) bond motifs is 1. The Kier molecular flexibility index (Phi) is 4.59. The van der Waals surface area contributed by atoms with Gasteiger partial charge in [0, 0.05) is 16.5 Å². The largest absolute Gasteiger partial charge is 0.354 e. The molecule has 3 aromatic rings. The zero-order valence-corrected chi connectivity index (χ0v) is 17.9. The van der Waals surface area contributed by atoms with Gasteiger partial charge in [-0.2, -0.15) is 0 Å². The lowest BCUT2D eigenvalue weighted by atomic mass is 9.92. The minimum atomic E-state index is -0.268. The van der Waals surface area contributed by atoms with Gasteiger partial charge in [0.15, 0.2) is 0 Å². The van der Waals surface area contributed by atoms with Crippen LogP contribution in [-0.4, -0.2) is 16.6 Å². The summed E-state index contributed by atoms with van der Waals surface area (Å²) in [6, 6.07) is 17.5. The van der Waals surface area contributed by atoms with Crippen molar-refractivity contribution >= 4 is 75.8 Å². The van der Waals surface area contributed by atoms with Crippen molar-refractivity contribution in [2.24, 2.45) is 0 Å². The highest BCUT2D eigenvalue weighted by Gasteiger charge is 2.34. The fourth-order valence-electron chi connectivity index (χ4n) is 3.06. The molecule has 1 heterocycles. The molecular formula is C20H10Br3NO2. The Morgan fingerprint density at radius 1 is 0.692 bits per heavy atom. The highest BCUT2D eigenvalue weighted by Crippen LogP contribution is 2.44. The van der Waals surface area contributed by atoms with Crippen molar-refractivity contribution in [1.82, 2.24) is 4.98 Å². The number of aromatic amines is 1. The van der Waals surface area contributed by atoms with Crippen LogP contribution >= 0.6 is 47.8 Å². The van der Waals surface area contributed by atoms with Crippen molar-refractivity contribution in [2.45, 2.75) is 0 Å². The minimum Gasteiger partial charge on any atom is -0.354 e. The van der Waals surface area contributed by atoms with E-state index in [1.165, 1.54) is 0 Å². The molecule has 128 valence electrons. The lowest BCUT2D eigenvalue weighted by Gasteiger charge is -2.17. The Bertz CT molecular complexity index is 1140. The number of aromatic nitrogens is 1. The number of nitrogens with one attached hydrogen (secondary N) is 1. The molecule has 0 saturated carbocycles. The molecule has 26 heavy (non-hydrogen) atoms. The third-order valence-electron chi connectivity index (χ3n) is 4.26. The lowest BCUT2D eigenvalue weighted by molar-refractivity contribution is -0.113. The van der Waals surface area contributed by atoms with Gasteiger partial charge in [-0.05, 0) is 59.4 Å². The third kappa shape index (κ3) is 2.68. The number of hydrogen-bond acceptors (Lipinski definition) is 2. The van der Waals surface area contributed by atoms with Gasteiger partial charge in [0.1, 0.15) is 0 Å². The molecule has 0 unspecified atom stereocenters. The van der Waals surface area contributed by atoms with Crippen molar-refractivity contribution in [3.63, 3.8) is 0 Å². The van der Waals surface area contributed by atoms with E-state index in [0.717, 1.165) is 22.2 Å². The number of allylic oxidation sites excluding steroid dienone is 4. The summed E-state index contributed by atoms with van der Waals surface area (Å²) in [5.74, 6) is -0.513. The SMILES string of the molecule is O=C1C(Br)=C(Br)C(=O)C(c2c(-c3ccccc3)[nH]c3ccccc23)=C1Br. The zero-order chi connectivity index (χ0) is 18.4. The molecule has 1 aliphatic rings. The van der Waals surface area contributed by atoms with Crippen LogP contribution in [-0.2, 0) is 9.59 Å². The van der Waals surface area contributed by atoms with Crippen molar-refractivity contribution < 1.29 is 9.59 Å². The molecular weight excluding hydrogens is 526 g/mol. The maximum atomic E-state index is 13.0. The van der Waals surface area contributed by atoms with Gasteiger partial charge in [0.25, 0.3) is 0 Å². The molecule has 1 aliphatic carbocycles. The fourth-order valence-corrected chi connectivity index (χ4v) is 4.66. The molecule has 3 nitrogen and oxygen atoms in total. The minimum absolute atomic E-state index is 0.222. The molecule has 0 spiro atoms. The maximum Gasteiger partial charge on any atom is 0.208 e. The van der Waals surface area contributed by atoms with Crippen LogP contribution in [0.25, 0.3) is 27.7 Å². The van der Waals surface area contributed by atoms with Crippen molar-refractivity contribution in [1.29, 1.82) is 0 Å². The van der Waals surface area contributed by atoms with E-state index in [2.05, 4.69) is 52.8 Å². The van der Waals surface area contributed by atoms with Crippen LogP contribution in [0.2, 0.25) is 0 Å². The highest BCUT2D eigenvalue weighted by atomic mass is 79.9. The average molecular weight is 536 g/mol. The van der Waals surface area contributed by atoms with Crippen molar-refractivity contribution in [3.05, 3.63) is 73.6 Å². The van der Waals surface area contributed by atoms with E-state index in [4.69, 9.17) is 0 Å². The molecule has 0 amide bonds. The summed E-state index contributed by atoms with van der Waals surface area (Å²) in [4.78, 5) is 29.0. The van der Waals surface area contributed by atoms with Gasteiger partial charge in [-0.15, -0.1) is 0 Å². The smallest absolute Gasteiger partial charge is 0.208 e. The van der Waals surface area contributed by atoms with Crippen LogP contribution in [0.3, 0.4) is 0 Å². The first-order valence-corrected chi connectivity index (χ1v) is 10.1. The van der Waals surface area contributed by atoms with Crippen LogP contribution in [0, 0.1) is 0 Å².